The van der Waals surface area contributed by atoms with Crippen LogP contribution in [0.4, 0.5) is 22.0 Å². The van der Waals surface area contributed by atoms with Gasteiger partial charge >= 0.3 is 133 Å². The number of alkyl halides is 5. The SMILES string of the molecule is CCC[CH2][Sn]([CH2]CCC)([c]1ccccc1)[C](F)(F)C(F)(F)F. The van der Waals surface area contributed by atoms with E-state index in [0.717, 1.165) is 0 Å². The van der Waals surface area contributed by atoms with Crippen LogP contribution in [-0.2, 0) is 0 Å². The molecule has 22 heavy (non-hydrogen) atoms. The monoisotopic (exact) mass is 430 g/mol. The second kappa shape index (κ2) is 7.97. The van der Waals surface area contributed by atoms with E-state index in [9.17, 15) is 22.0 Å². The predicted molar refractivity (Wildman–Crippen MR) is 82.3 cm³/mol. The van der Waals surface area contributed by atoms with Crippen LogP contribution in [0.1, 0.15) is 39.5 Å². The number of halogens is 5. The van der Waals surface area contributed by atoms with Gasteiger partial charge in [-0.15, -0.1) is 0 Å². The first-order valence-electron chi connectivity index (χ1n) is 7.73. The molecule has 0 aliphatic rings. The molecule has 0 bridgehead atoms. The third-order valence-corrected chi connectivity index (χ3v) is 19.4. The third kappa shape index (κ3) is 3.95. The van der Waals surface area contributed by atoms with Crippen molar-refractivity contribution in [1.82, 2.24) is 0 Å². The molecule has 0 aromatic heterocycles. The normalized spacial score (nSPS) is 13.4. The molecule has 0 amide bonds. The molecule has 0 saturated heterocycles. The summed E-state index contributed by atoms with van der Waals surface area (Å²) in [5.41, 5.74) is 0. The molecule has 1 rings (SSSR count). The van der Waals surface area contributed by atoms with Crippen LogP contribution in [0, 0.1) is 0 Å². The molecule has 1 aromatic carbocycles. The van der Waals surface area contributed by atoms with Gasteiger partial charge in [-0.05, 0) is 0 Å². The molecule has 0 radical (unpaired) electrons. The Labute approximate surface area is 133 Å². The number of benzene rings is 1. The zero-order valence-electron chi connectivity index (χ0n) is 13.0. The molecule has 0 atom stereocenters. The van der Waals surface area contributed by atoms with Crippen LogP contribution in [0.25, 0.3) is 0 Å². The van der Waals surface area contributed by atoms with E-state index in [1.54, 1.807) is 18.2 Å². The van der Waals surface area contributed by atoms with Crippen LogP contribution in [0.2, 0.25) is 8.87 Å². The second-order valence-electron chi connectivity index (χ2n) is 5.73. The van der Waals surface area contributed by atoms with E-state index in [1.165, 1.54) is 12.1 Å². The molecular weight excluding hydrogens is 406 g/mol. The summed E-state index contributed by atoms with van der Waals surface area (Å²) in [6.07, 6.45) is -3.34. The van der Waals surface area contributed by atoms with Crippen LogP contribution in [0.5, 0.6) is 0 Å². The second-order valence-corrected chi connectivity index (χ2v) is 18.2. The Hall–Kier alpha value is -0.331. The Kier molecular flexibility index (Phi) is 7.14. The maximum atomic E-state index is 14.6. The number of hydrogen-bond donors (Lipinski definition) is 0. The van der Waals surface area contributed by atoms with Crippen molar-refractivity contribution in [3.63, 3.8) is 0 Å². The van der Waals surface area contributed by atoms with Crippen molar-refractivity contribution >= 4 is 22.0 Å². The van der Waals surface area contributed by atoms with E-state index in [0.29, 0.717) is 29.3 Å². The van der Waals surface area contributed by atoms with Crippen molar-refractivity contribution in [3.8, 4) is 0 Å². The summed E-state index contributed by atoms with van der Waals surface area (Å²) in [6, 6.07) is 7.78. The first-order chi connectivity index (χ1) is 10.2. The van der Waals surface area contributed by atoms with Crippen molar-refractivity contribution in [1.29, 1.82) is 0 Å². The van der Waals surface area contributed by atoms with E-state index in [1.807, 2.05) is 13.8 Å². The molecule has 0 aliphatic carbocycles. The molecule has 126 valence electrons. The Balaban J connectivity index is 3.44. The minimum absolute atomic E-state index is 0.0434. The molecule has 0 nitrogen and oxygen atoms in total. The standard InChI is InChI=1S/C6H5.2C4H9.C2F5.Sn/c1-2-4-6-5-3-1;2*1-3-4-2;3-1(4)2(5,6)7;/h1-5H;2*1,3-4H2,2H3;;. The molecule has 0 spiro atoms. The van der Waals surface area contributed by atoms with Crippen LogP contribution >= 0.6 is 0 Å². The van der Waals surface area contributed by atoms with Gasteiger partial charge in [0, 0.05) is 0 Å². The van der Waals surface area contributed by atoms with Crippen LogP contribution < -0.4 is 3.58 Å². The molecular formula is C16H23F5Sn. The minimum atomic E-state index is -5.46. The van der Waals surface area contributed by atoms with Crippen LogP contribution in [0.15, 0.2) is 30.3 Å². The molecule has 0 N–H and O–H groups in total. The predicted octanol–water partition coefficient (Wildman–Crippen LogP) is 5.68. The van der Waals surface area contributed by atoms with E-state index in [-0.39, 0.29) is 8.87 Å². The van der Waals surface area contributed by atoms with Gasteiger partial charge in [-0.3, -0.25) is 0 Å². The number of rotatable bonds is 8. The molecule has 0 fully saturated rings. The summed E-state index contributed by atoms with van der Waals surface area (Å²) in [4.78, 5) is 0. The van der Waals surface area contributed by atoms with Crippen molar-refractivity contribution in [3.05, 3.63) is 30.3 Å². The first kappa shape index (κ1) is 19.7. The summed E-state index contributed by atoms with van der Waals surface area (Å²) in [5, 5.41) is 0. The van der Waals surface area contributed by atoms with Crippen LogP contribution in [-0.4, -0.2) is 28.5 Å². The maximum absolute atomic E-state index is 14.6. The fourth-order valence-electron chi connectivity index (χ4n) is 2.89. The summed E-state index contributed by atoms with van der Waals surface area (Å²) < 4.78 is 64.5. The molecule has 0 unspecified atom stereocenters. The molecule has 6 heteroatoms. The molecule has 0 saturated carbocycles. The van der Waals surface area contributed by atoms with E-state index in [4.69, 9.17) is 0 Å². The Morgan fingerprint density at radius 3 is 1.64 bits per heavy atom. The van der Waals surface area contributed by atoms with Gasteiger partial charge in [-0.1, -0.05) is 0 Å². The van der Waals surface area contributed by atoms with Crippen molar-refractivity contribution in [2.24, 2.45) is 0 Å². The Morgan fingerprint density at radius 1 is 0.818 bits per heavy atom. The topological polar surface area (TPSA) is 0 Å². The molecule has 0 heterocycles. The average molecular weight is 429 g/mol. The zero-order valence-corrected chi connectivity index (χ0v) is 15.9. The summed E-state index contributed by atoms with van der Waals surface area (Å²) >= 11 is -4.98. The van der Waals surface area contributed by atoms with Crippen molar-refractivity contribution in [2.75, 3.05) is 0 Å². The fraction of sp³-hybridized carbons (Fsp3) is 0.625. The first-order valence-corrected chi connectivity index (χ1v) is 14.6. The van der Waals surface area contributed by atoms with Crippen molar-refractivity contribution in [2.45, 2.75) is 58.5 Å². The van der Waals surface area contributed by atoms with Gasteiger partial charge in [0.2, 0.25) is 0 Å². The zero-order chi connectivity index (χ0) is 16.9. The number of unbranched alkanes of at least 4 members (excludes halogenated alkanes) is 2. The van der Waals surface area contributed by atoms with Gasteiger partial charge in [0.25, 0.3) is 0 Å². The van der Waals surface area contributed by atoms with E-state index >= 15 is 0 Å². The summed E-state index contributed by atoms with van der Waals surface area (Å²) in [6.45, 7) is 3.65. The van der Waals surface area contributed by atoms with Gasteiger partial charge in [-0.2, -0.15) is 0 Å². The van der Waals surface area contributed by atoms with Gasteiger partial charge < -0.3 is 0 Å². The Morgan fingerprint density at radius 2 is 1.27 bits per heavy atom. The fourth-order valence-corrected chi connectivity index (χ4v) is 17.5. The van der Waals surface area contributed by atoms with Gasteiger partial charge in [0.1, 0.15) is 0 Å². The quantitative estimate of drug-likeness (QED) is 0.369. The van der Waals surface area contributed by atoms with E-state index in [2.05, 4.69) is 0 Å². The number of hydrogen-bond acceptors (Lipinski definition) is 0. The average Bonchev–Trinajstić information content (AvgIpc) is 2.47. The summed E-state index contributed by atoms with van der Waals surface area (Å²) in [7, 11) is 0. The summed E-state index contributed by atoms with van der Waals surface area (Å²) in [5.74, 6) is 0. The Bertz CT molecular complexity index is 434. The van der Waals surface area contributed by atoms with Crippen LogP contribution in [0.3, 0.4) is 0 Å². The third-order valence-electron chi connectivity index (χ3n) is 4.20. The van der Waals surface area contributed by atoms with Gasteiger partial charge in [0.05, 0.1) is 0 Å². The molecule has 1 aromatic rings. The van der Waals surface area contributed by atoms with Gasteiger partial charge in [0.15, 0.2) is 0 Å². The van der Waals surface area contributed by atoms with Crippen molar-refractivity contribution < 1.29 is 22.0 Å². The van der Waals surface area contributed by atoms with E-state index < -0.39 is 28.5 Å². The molecule has 0 aliphatic heterocycles. The van der Waals surface area contributed by atoms with Gasteiger partial charge in [-0.25, -0.2) is 0 Å².